The third kappa shape index (κ3) is 3.32. The summed E-state index contributed by atoms with van der Waals surface area (Å²) in [6.07, 6.45) is -2.24. The van der Waals surface area contributed by atoms with E-state index in [1.54, 1.807) is 0 Å². The average molecular weight is 387 g/mol. The molecule has 1 aromatic carbocycles. The molecule has 148 valence electrons. The number of nitrogens with zero attached hydrogens (tertiary/aromatic N) is 4. The molecule has 28 heavy (non-hydrogen) atoms. The summed E-state index contributed by atoms with van der Waals surface area (Å²) in [5.41, 5.74) is 1.60. The number of fused-ring (bicyclic) bond motifs is 1. The summed E-state index contributed by atoms with van der Waals surface area (Å²) in [6, 6.07) is 9.24. The van der Waals surface area contributed by atoms with Crippen LogP contribution >= 0.6 is 0 Å². The first-order valence-electron chi connectivity index (χ1n) is 8.87. The number of aliphatic hydroxyl groups excluding tert-OH is 4. The van der Waals surface area contributed by atoms with Gasteiger partial charge in [0.1, 0.15) is 24.6 Å². The largest absolute Gasteiger partial charge is 0.394 e. The second-order valence-electron chi connectivity index (χ2n) is 6.58. The highest BCUT2D eigenvalue weighted by molar-refractivity contribution is 5.82. The second-order valence-corrected chi connectivity index (χ2v) is 6.58. The Morgan fingerprint density at radius 1 is 1.11 bits per heavy atom. The maximum absolute atomic E-state index is 10.3. The topological polar surface area (TPSA) is 146 Å². The molecule has 10 heteroatoms. The first kappa shape index (κ1) is 18.7. The lowest BCUT2D eigenvalue weighted by atomic mass is 10.1. The lowest BCUT2D eigenvalue weighted by molar-refractivity contribution is -0.0511. The van der Waals surface area contributed by atoms with E-state index in [-0.39, 0.29) is 6.54 Å². The fourth-order valence-electron chi connectivity index (χ4n) is 3.26. The Morgan fingerprint density at radius 2 is 1.89 bits per heavy atom. The van der Waals surface area contributed by atoms with Gasteiger partial charge in [-0.05, 0) is 5.56 Å². The summed E-state index contributed by atoms with van der Waals surface area (Å²) in [5.74, 6) is 0.422. The van der Waals surface area contributed by atoms with Crippen molar-refractivity contribution in [2.45, 2.75) is 30.6 Å². The predicted molar refractivity (Wildman–Crippen MR) is 98.2 cm³/mol. The van der Waals surface area contributed by atoms with Crippen molar-refractivity contribution in [2.75, 3.05) is 18.5 Å². The Bertz CT molecular complexity index is 937. The van der Waals surface area contributed by atoms with E-state index in [1.165, 1.54) is 17.2 Å². The van der Waals surface area contributed by atoms with Crippen molar-refractivity contribution in [1.82, 2.24) is 19.5 Å². The number of aliphatic hydroxyl groups is 4. The van der Waals surface area contributed by atoms with Gasteiger partial charge in [0.05, 0.1) is 19.0 Å². The molecule has 0 aliphatic carbocycles. The van der Waals surface area contributed by atoms with Crippen LogP contribution in [0, 0.1) is 0 Å². The Kier molecular flexibility index (Phi) is 5.20. The molecule has 0 radical (unpaired) electrons. The van der Waals surface area contributed by atoms with Gasteiger partial charge >= 0.3 is 0 Å². The smallest absolute Gasteiger partial charge is 0.167 e. The van der Waals surface area contributed by atoms with Crippen LogP contribution in [-0.4, -0.2) is 71.4 Å². The third-order valence-corrected chi connectivity index (χ3v) is 4.80. The van der Waals surface area contributed by atoms with Crippen molar-refractivity contribution in [3.8, 4) is 0 Å². The van der Waals surface area contributed by atoms with Crippen molar-refractivity contribution in [3.63, 3.8) is 0 Å². The maximum atomic E-state index is 10.3. The van der Waals surface area contributed by atoms with Gasteiger partial charge in [0.25, 0.3) is 0 Å². The van der Waals surface area contributed by atoms with Crippen LogP contribution in [0.1, 0.15) is 17.9 Å². The zero-order valence-electron chi connectivity index (χ0n) is 14.8. The number of hydrogen-bond acceptors (Lipinski definition) is 9. The highest BCUT2D eigenvalue weighted by atomic mass is 16.6. The van der Waals surface area contributed by atoms with Crippen molar-refractivity contribution in [3.05, 3.63) is 48.5 Å². The van der Waals surface area contributed by atoms with Gasteiger partial charge in [0.2, 0.25) is 0 Å². The van der Waals surface area contributed by atoms with Gasteiger partial charge in [-0.25, -0.2) is 15.0 Å². The predicted octanol–water partition coefficient (Wildman–Crippen LogP) is -0.417. The molecule has 1 aliphatic heterocycles. The monoisotopic (exact) mass is 387 g/mol. The molecule has 0 saturated carbocycles. The number of benzene rings is 1. The summed E-state index contributed by atoms with van der Waals surface area (Å²) in [5, 5.41) is 42.8. The molecule has 0 unspecified atom stereocenters. The fraction of sp³-hybridized carbons (Fsp3) is 0.389. The summed E-state index contributed by atoms with van der Waals surface area (Å²) < 4.78 is 7.02. The van der Waals surface area contributed by atoms with Gasteiger partial charge in [-0.3, -0.25) is 4.57 Å². The molecule has 3 aromatic rings. The van der Waals surface area contributed by atoms with Crippen molar-refractivity contribution in [1.29, 1.82) is 0 Å². The zero-order chi connectivity index (χ0) is 19.7. The molecular weight excluding hydrogens is 366 g/mol. The molecule has 1 fully saturated rings. The van der Waals surface area contributed by atoms with E-state index in [4.69, 9.17) is 4.74 Å². The van der Waals surface area contributed by atoms with Crippen LogP contribution in [0.4, 0.5) is 5.82 Å². The number of aromatic nitrogens is 4. The summed E-state index contributed by atoms with van der Waals surface area (Å²) in [6.45, 7) is -0.197. The lowest BCUT2D eigenvalue weighted by Crippen LogP contribution is -2.33. The fourth-order valence-corrected chi connectivity index (χ4v) is 3.26. The Hall–Kier alpha value is -2.63. The highest BCUT2D eigenvalue weighted by Gasteiger charge is 2.44. The molecule has 10 nitrogen and oxygen atoms in total. The number of hydrogen-bond donors (Lipinski definition) is 5. The van der Waals surface area contributed by atoms with Gasteiger partial charge in [-0.1, -0.05) is 30.3 Å². The van der Waals surface area contributed by atoms with Crippen LogP contribution in [0.25, 0.3) is 11.2 Å². The molecule has 5 atom stereocenters. The summed E-state index contributed by atoms with van der Waals surface area (Å²) in [7, 11) is 0. The van der Waals surface area contributed by atoms with Gasteiger partial charge in [-0.2, -0.15) is 0 Å². The second kappa shape index (κ2) is 7.78. The highest BCUT2D eigenvalue weighted by Crippen LogP contribution is 2.32. The van der Waals surface area contributed by atoms with E-state index in [1.807, 2.05) is 30.3 Å². The van der Waals surface area contributed by atoms with Gasteiger partial charge in [0.15, 0.2) is 23.2 Å². The normalized spacial score (nSPS) is 25.9. The van der Waals surface area contributed by atoms with Crippen LogP contribution in [0.2, 0.25) is 0 Å². The molecule has 5 N–H and O–H groups in total. The minimum atomic E-state index is -1.24. The number of ether oxygens (including phenoxy) is 1. The van der Waals surface area contributed by atoms with Crippen LogP contribution in [0.5, 0.6) is 0 Å². The Labute approximate surface area is 160 Å². The van der Waals surface area contributed by atoms with Crippen molar-refractivity contribution >= 4 is 17.0 Å². The quantitative estimate of drug-likeness (QED) is 0.381. The van der Waals surface area contributed by atoms with Crippen LogP contribution in [0.15, 0.2) is 43.0 Å². The molecule has 3 heterocycles. The van der Waals surface area contributed by atoms with Crippen LogP contribution < -0.4 is 5.32 Å². The van der Waals surface area contributed by atoms with E-state index in [0.717, 1.165) is 5.56 Å². The van der Waals surface area contributed by atoms with E-state index in [2.05, 4.69) is 20.3 Å². The molecule has 0 amide bonds. The molecule has 0 bridgehead atoms. The van der Waals surface area contributed by atoms with E-state index < -0.39 is 37.3 Å². The number of nitrogens with one attached hydrogen (secondary N) is 1. The van der Waals surface area contributed by atoms with Gasteiger partial charge in [0, 0.05) is 6.54 Å². The van der Waals surface area contributed by atoms with E-state index >= 15 is 0 Å². The standard InChI is InChI=1S/C18H21N5O5/c24-7-12-14(26)15(27)18(28-12)23-9-22-13-16(20-8-21-17(13)23)19-6-11(25)10-4-2-1-3-5-10/h1-5,8-9,11-12,14-15,18,24-27H,6-7H2,(H,19,20,21)/t11-,12-,14-,15-,18-/m1/s1. The third-order valence-electron chi connectivity index (χ3n) is 4.80. The Balaban J connectivity index is 1.56. The van der Waals surface area contributed by atoms with E-state index in [0.29, 0.717) is 17.0 Å². The minimum Gasteiger partial charge on any atom is -0.394 e. The van der Waals surface area contributed by atoms with Gasteiger partial charge in [-0.15, -0.1) is 0 Å². The van der Waals surface area contributed by atoms with Crippen LogP contribution in [-0.2, 0) is 4.74 Å². The molecule has 1 saturated heterocycles. The summed E-state index contributed by atoms with van der Waals surface area (Å²) >= 11 is 0. The average Bonchev–Trinajstić information content (AvgIpc) is 3.28. The molecule has 0 spiro atoms. The van der Waals surface area contributed by atoms with E-state index in [9.17, 15) is 20.4 Å². The maximum Gasteiger partial charge on any atom is 0.167 e. The number of imidazole rings is 1. The first-order chi connectivity index (χ1) is 13.6. The SMILES string of the molecule is OC[C@H]1O[C@@H](n2cnc3c(NC[C@@H](O)c4ccccc4)ncnc32)[C@H](O)[C@@H]1O. The Morgan fingerprint density at radius 3 is 2.61 bits per heavy atom. The van der Waals surface area contributed by atoms with Gasteiger partial charge < -0.3 is 30.5 Å². The van der Waals surface area contributed by atoms with Crippen molar-refractivity contribution < 1.29 is 25.2 Å². The van der Waals surface area contributed by atoms with Crippen LogP contribution in [0.3, 0.4) is 0 Å². The van der Waals surface area contributed by atoms with Crippen molar-refractivity contribution in [2.24, 2.45) is 0 Å². The molecule has 4 rings (SSSR count). The lowest BCUT2D eigenvalue weighted by Gasteiger charge is -2.16. The molecule has 1 aliphatic rings. The molecule has 2 aromatic heterocycles. The summed E-state index contributed by atoms with van der Waals surface area (Å²) in [4.78, 5) is 12.7. The first-order valence-corrected chi connectivity index (χ1v) is 8.87. The minimum absolute atomic E-state index is 0.219. The zero-order valence-corrected chi connectivity index (χ0v) is 14.8. The number of rotatable bonds is 6. The number of anilines is 1. The molecular formula is C18H21N5O5.